The summed E-state index contributed by atoms with van der Waals surface area (Å²) in [4.78, 5) is 11.4. The lowest BCUT2D eigenvalue weighted by molar-refractivity contribution is -0.155. The van der Waals surface area contributed by atoms with Crippen LogP contribution >= 0.6 is 0 Å². The zero-order valence-electron chi connectivity index (χ0n) is 13.3. The molecule has 1 aromatic rings. The highest BCUT2D eigenvalue weighted by Crippen LogP contribution is 2.35. The number of benzene rings is 1. The van der Waals surface area contributed by atoms with Crippen LogP contribution < -0.4 is 0 Å². The first-order valence-electron chi connectivity index (χ1n) is 7.04. The number of aliphatic hydroxyl groups is 1. The lowest BCUT2D eigenvalue weighted by Crippen LogP contribution is -2.40. The first kappa shape index (κ1) is 16.7. The summed E-state index contributed by atoms with van der Waals surface area (Å²) in [5.41, 5.74) is 0.463. The molecule has 2 unspecified atom stereocenters. The van der Waals surface area contributed by atoms with Crippen molar-refractivity contribution in [2.24, 2.45) is 11.8 Å². The third-order valence-corrected chi connectivity index (χ3v) is 3.87. The van der Waals surface area contributed by atoms with E-state index in [2.05, 4.69) is 20.8 Å². The number of carboxylic acid groups (broad SMARTS) is 1. The Balaban J connectivity index is 3.18. The van der Waals surface area contributed by atoms with E-state index in [1.807, 2.05) is 38.1 Å². The summed E-state index contributed by atoms with van der Waals surface area (Å²) in [5.74, 6) is -1.95. The fourth-order valence-corrected chi connectivity index (χ4v) is 2.66. The molecule has 0 aliphatic carbocycles. The molecule has 2 N–H and O–H groups in total. The van der Waals surface area contributed by atoms with Crippen LogP contribution in [-0.4, -0.2) is 16.2 Å². The molecule has 0 heterocycles. The molecule has 2 atom stereocenters. The molecule has 0 fully saturated rings. The van der Waals surface area contributed by atoms with Gasteiger partial charge in [0.05, 0.1) is 5.92 Å². The minimum absolute atomic E-state index is 0.0363. The van der Waals surface area contributed by atoms with Crippen molar-refractivity contribution >= 4 is 5.97 Å². The minimum atomic E-state index is -1.38. The number of carboxylic acids is 1. The van der Waals surface area contributed by atoms with Gasteiger partial charge in [0.2, 0.25) is 0 Å². The van der Waals surface area contributed by atoms with Crippen molar-refractivity contribution in [3.8, 4) is 0 Å². The van der Waals surface area contributed by atoms with Crippen LogP contribution in [-0.2, 0) is 15.8 Å². The fourth-order valence-electron chi connectivity index (χ4n) is 2.66. The van der Waals surface area contributed by atoms with Gasteiger partial charge >= 0.3 is 5.97 Å². The Bertz CT molecular complexity index is 464. The van der Waals surface area contributed by atoms with E-state index in [4.69, 9.17) is 0 Å². The maximum absolute atomic E-state index is 11.4. The van der Waals surface area contributed by atoms with Crippen molar-refractivity contribution in [3.05, 3.63) is 35.4 Å². The van der Waals surface area contributed by atoms with Gasteiger partial charge < -0.3 is 10.2 Å². The maximum atomic E-state index is 11.4. The predicted molar refractivity (Wildman–Crippen MR) is 80.7 cm³/mol. The second kappa shape index (κ2) is 5.57. The van der Waals surface area contributed by atoms with E-state index < -0.39 is 17.5 Å². The van der Waals surface area contributed by atoms with Crippen LogP contribution in [0, 0.1) is 11.8 Å². The molecule has 0 aliphatic heterocycles. The van der Waals surface area contributed by atoms with Crippen molar-refractivity contribution in [2.75, 3.05) is 0 Å². The van der Waals surface area contributed by atoms with Gasteiger partial charge in [0.15, 0.2) is 0 Å². The number of rotatable bonds is 4. The van der Waals surface area contributed by atoms with Crippen molar-refractivity contribution in [2.45, 2.75) is 52.6 Å². The number of carbonyl (C=O) groups is 1. The second-order valence-corrected chi connectivity index (χ2v) is 7.03. The number of hydrogen-bond acceptors (Lipinski definition) is 2. The van der Waals surface area contributed by atoms with E-state index in [9.17, 15) is 15.0 Å². The minimum Gasteiger partial charge on any atom is -0.481 e. The van der Waals surface area contributed by atoms with Crippen LogP contribution in [0.15, 0.2) is 24.3 Å². The maximum Gasteiger partial charge on any atom is 0.310 e. The van der Waals surface area contributed by atoms with Gasteiger partial charge in [0.1, 0.15) is 5.60 Å². The van der Waals surface area contributed by atoms with Crippen molar-refractivity contribution < 1.29 is 15.0 Å². The molecule has 0 aliphatic rings. The molecule has 0 saturated carbocycles. The van der Waals surface area contributed by atoms with Gasteiger partial charge in [-0.15, -0.1) is 0 Å². The molecule has 3 nitrogen and oxygen atoms in total. The Morgan fingerprint density at radius 1 is 1.00 bits per heavy atom. The zero-order chi connectivity index (χ0) is 15.7. The van der Waals surface area contributed by atoms with Crippen LogP contribution in [0.25, 0.3) is 0 Å². The van der Waals surface area contributed by atoms with Gasteiger partial charge in [0, 0.05) is 0 Å². The van der Waals surface area contributed by atoms with Crippen LogP contribution in [0.1, 0.15) is 52.7 Å². The quantitative estimate of drug-likeness (QED) is 0.885. The topological polar surface area (TPSA) is 57.5 Å². The molecule has 0 spiro atoms. The zero-order valence-corrected chi connectivity index (χ0v) is 13.3. The van der Waals surface area contributed by atoms with Gasteiger partial charge in [-0.3, -0.25) is 4.79 Å². The summed E-state index contributed by atoms with van der Waals surface area (Å²) in [7, 11) is 0. The van der Waals surface area contributed by atoms with Gasteiger partial charge in [-0.05, 0) is 29.4 Å². The molecule has 0 amide bonds. The Kier molecular flexibility index (Phi) is 4.65. The molecule has 3 heteroatoms. The summed E-state index contributed by atoms with van der Waals surface area (Å²) in [6.45, 7) is 11.6. The molecule has 1 rings (SSSR count). The monoisotopic (exact) mass is 278 g/mol. The molecule has 0 bridgehead atoms. The van der Waals surface area contributed by atoms with Crippen LogP contribution in [0.3, 0.4) is 0 Å². The average Bonchev–Trinajstić information content (AvgIpc) is 2.26. The van der Waals surface area contributed by atoms with E-state index in [0.29, 0.717) is 5.56 Å². The fraction of sp³-hybridized carbons (Fsp3) is 0.588. The average molecular weight is 278 g/mol. The van der Waals surface area contributed by atoms with Crippen LogP contribution in [0.4, 0.5) is 0 Å². The SMILES string of the molecule is CC(C)C(C(=O)O)C(C)(O)c1ccc(C(C)(C)C)cc1. The highest BCUT2D eigenvalue weighted by Gasteiger charge is 2.41. The van der Waals surface area contributed by atoms with Crippen LogP contribution in [0.5, 0.6) is 0 Å². The number of hydrogen-bond donors (Lipinski definition) is 2. The van der Waals surface area contributed by atoms with Gasteiger partial charge in [-0.25, -0.2) is 0 Å². The summed E-state index contributed by atoms with van der Waals surface area (Å²) < 4.78 is 0. The van der Waals surface area contributed by atoms with Gasteiger partial charge in [-0.1, -0.05) is 58.9 Å². The highest BCUT2D eigenvalue weighted by atomic mass is 16.4. The van der Waals surface area contributed by atoms with Crippen molar-refractivity contribution in [3.63, 3.8) is 0 Å². The molecule has 0 aromatic heterocycles. The Morgan fingerprint density at radius 2 is 1.40 bits per heavy atom. The standard InChI is InChI=1S/C17H26O3/c1-11(2)14(15(18)19)17(6,20)13-9-7-12(8-10-13)16(3,4)5/h7-11,14,20H,1-6H3,(H,18,19). The molecule has 0 radical (unpaired) electrons. The lowest BCUT2D eigenvalue weighted by atomic mass is 9.75. The van der Waals surface area contributed by atoms with E-state index >= 15 is 0 Å². The molecule has 1 aromatic carbocycles. The third kappa shape index (κ3) is 3.40. The van der Waals surface area contributed by atoms with E-state index in [-0.39, 0.29) is 11.3 Å². The molecule has 20 heavy (non-hydrogen) atoms. The van der Waals surface area contributed by atoms with E-state index in [1.54, 1.807) is 6.92 Å². The van der Waals surface area contributed by atoms with Gasteiger partial charge in [-0.2, -0.15) is 0 Å². The highest BCUT2D eigenvalue weighted by molar-refractivity contribution is 5.72. The van der Waals surface area contributed by atoms with E-state index in [0.717, 1.165) is 5.56 Å². The smallest absolute Gasteiger partial charge is 0.310 e. The first-order chi connectivity index (χ1) is 8.98. The summed E-state index contributed by atoms with van der Waals surface area (Å²) in [5, 5.41) is 20.1. The van der Waals surface area contributed by atoms with Crippen molar-refractivity contribution in [1.82, 2.24) is 0 Å². The molecular formula is C17H26O3. The Morgan fingerprint density at radius 3 is 1.70 bits per heavy atom. The van der Waals surface area contributed by atoms with Gasteiger partial charge in [0.25, 0.3) is 0 Å². The first-order valence-corrected chi connectivity index (χ1v) is 7.04. The normalized spacial score (nSPS) is 16.8. The lowest BCUT2D eigenvalue weighted by Gasteiger charge is -2.33. The summed E-state index contributed by atoms with van der Waals surface area (Å²) in [6.07, 6.45) is 0. The van der Waals surface area contributed by atoms with Crippen molar-refractivity contribution in [1.29, 1.82) is 0 Å². The third-order valence-electron chi connectivity index (χ3n) is 3.87. The predicted octanol–water partition coefficient (Wildman–Crippen LogP) is 3.55. The Hall–Kier alpha value is -1.35. The molecular weight excluding hydrogens is 252 g/mol. The Labute approximate surface area is 121 Å². The van der Waals surface area contributed by atoms with Crippen LogP contribution in [0.2, 0.25) is 0 Å². The van der Waals surface area contributed by atoms with E-state index in [1.165, 1.54) is 0 Å². The molecule has 112 valence electrons. The largest absolute Gasteiger partial charge is 0.481 e. The summed E-state index contributed by atoms with van der Waals surface area (Å²) >= 11 is 0. The molecule has 0 saturated heterocycles. The summed E-state index contributed by atoms with van der Waals surface area (Å²) in [6, 6.07) is 7.59. The number of aliphatic carboxylic acids is 1. The second-order valence-electron chi connectivity index (χ2n) is 7.03.